The van der Waals surface area contributed by atoms with Crippen molar-refractivity contribution in [2.24, 2.45) is 0 Å². The van der Waals surface area contributed by atoms with Crippen molar-refractivity contribution in [2.75, 3.05) is 31.1 Å². The normalized spacial score (nSPS) is 13.9. The van der Waals surface area contributed by atoms with Crippen LogP contribution in [-0.2, 0) is 22.7 Å². The number of fused-ring (bicyclic) bond motifs is 1. The minimum atomic E-state index is -5.08. The molecule has 3 heterocycles. The Labute approximate surface area is 190 Å². The first-order chi connectivity index (χ1) is 16.1. The number of alkyl halides is 3. The van der Waals surface area contributed by atoms with Gasteiger partial charge in [0, 0.05) is 26.2 Å². The lowest BCUT2D eigenvalue weighted by atomic mass is 10.2. The predicted octanol–water partition coefficient (Wildman–Crippen LogP) is 0.769. The molecule has 1 aliphatic heterocycles. The largest absolute Gasteiger partial charge is 0.490 e. The number of carbonyl (C=O) groups is 2. The van der Waals surface area contributed by atoms with Gasteiger partial charge in [-0.2, -0.15) is 18.2 Å². The van der Waals surface area contributed by atoms with Gasteiger partial charge in [-0.15, -0.1) is 0 Å². The molecule has 2 aromatic heterocycles. The molecule has 34 heavy (non-hydrogen) atoms. The molecular formula is C20H21F3N6O5. The Morgan fingerprint density at radius 1 is 1.09 bits per heavy atom. The maximum atomic E-state index is 12.9. The van der Waals surface area contributed by atoms with Crippen LogP contribution < -0.4 is 15.8 Å². The lowest BCUT2D eigenvalue weighted by Gasteiger charge is -2.28. The standard InChI is InChI=1S/C18H20N6O3.C2HF3O2/c25-14(26)11-23-12-20-16-15(17(23)27)24(10-13-4-2-1-3-5-13)18(21-16)22-8-6-19-7-9-22;3-2(4,5)1(6)7/h1-5,12,19H,6-11H2,(H,25,26);(H,6,7). The van der Waals surface area contributed by atoms with Crippen LogP contribution in [0.5, 0.6) is 0 Å². The Bertz CT molecular complexity index is 1220. The van der Waals surface area contributed by atoms with E-state index in [4.69, 9.17) is 15.0 Å². The van der Waals surface area contributed by atoms with Crippen LogP contribution in [-0.4, -0.2) is 73.6 Å². The van der Waals surface area contributed by atoms with Gasteiger partial charge in [0.1, 0.15) is 12.9 Å². The van der Waals surface area contributed by atoms with Gasteiger partial charge in [-0.25, -0.2) is 9.78 Å². The number of nitrogens with one attached hydrogen (secondary N) is 1. The smallest absolute Gasteiger partial charge is 0.480 e. The van der Waals surface area contributed by atoms with Gasteiger partial charge in [-0.3, -0.25) is 18.7 Å². The van der Waals surface area contributed by atoms with E-state index < -0.39 is 30.2 Å². The maximum Gasteiger partial charge on any atom is 0.490 e. The van der Waals surface area contributed by atoms with E-state index in [1.165, 1.54) is 6.33 Å². The maximum absolute atomic E-state index is 12.9. The summed E-state index contributed by atoms with van der Waals surface area (Å²) in [5, 5.41) is 19.5. The Morgan fingerprint density at radius 3 is 2.26 bits per heavy atom. The second-order valence-corrected chi connectivity index (χ2v) is 7.27. The topological polar surface area (TPSA) is 143 Å². The number of hydrogen-bond donors (Lipinski definition) is 3. The van der Waals surface area contributed by atoms with E-state index in [1.807, 2.05) is 34.9 Å². The van der Waals surface area contributed by atoms with Gasteiger partial charge in [0.15, 0.2) is 11.2 Å². The van der Waals surface area contributed by atoms with Crippen molar-refractivity contribution in [3.05, 3.63) is 52.6 Å². The van der Waals surface area contributed by atoms with E-state index in [0.29, 0.717) is 23.7 Å². The van der Waals surface area contributed by atoms with Gasteiger partial charge < -0.3 is 20.4 Å². The molecule has 1 saturated heterocycles. The van der Waals surface area contributed by atoms with E-state index in [-0.39, 0.29) is 0 Å². The molecule has 4 rings (SSSR count). The number of aliphatic carboxylic acids is 2. The molecule has 3 aromatic rings. The van der Waals surface area contributed by atoms with E-state index in [1.54, 1.807) is 0 Å². The Hall–Kier alpha value is -3.94. The summed E-state index contributed by atoms with van der Waals surface area (Å²) in [6.07, 6.45) is -3.83. The molecule has 0 amide bonds. The summed E-state index contributed by atoms with van der Waals surface area (Å²) in [6.45, 7) is 3.27. The minimum Gasteiger partial charge on any atom is -0.480 e. The number of hydrogen-bond acceptors (Lipinski definition) is 7. The molecule has 0 atom stereocenters. The summed E-state index contributed by atoms with van der Waals surface area (Å²) in [7, 11) is 0. The fraction of sp³-hybridized carbons (Fsp3) is 0.350. The Morgan fingerprint density at radius 2 is 1.71 bits per heavy atom. The van der Waals surface area contributed by atoms with Crippen molar-refractivity contribution < 1.29 is 33.0 Å². The Kier molecular flexibility index (Phi) is 7.50. The first-order valence-electron chi connectivity index (χ1n) is 10.0. The zero-order valence-corrected chi connectivity index (χ0v) is 17.7. The lowest BCUT2D eigenvalue weighted by molar-refractivity contribution is -0.192. The van der Waals surface area contributed by atoms with Crippen molar-refractivity contribution in [1.82, 2.24) is 24.4 Å². The van der Waals surface area contributed by atoms with Gasteiger partial charge in [0.25, 0.3) is 5.56 Å². The molecule has 1 fully saturated rings. The highest BCUT2D eigenvalue weighted by Gasteiger charge is 2.38. The zero-order chi connectivity index (χ0) is 24.9. The second-order valence-electron chi connectivity index (χ2n) is 7.27. The minimum absolute atomic E-state index is 0.330. The molecule has 0 radical (unpaired) electrons. The molecule has 14 heteroatoms. The monoisotopic (exact) mass is 482 g/mol. The van der Waals surface area contributed by atoms with Crippen LogP contribution >= 0.6 is 0 Å². The lowest BCUT2D eigenvalue weighted by Crippen LogP contribution is -2.44. The van der Waals surface area contributed by atoms with Crippen molar-refractivity contribution in [1.29, 1.82) is 0 Å². The van der Waals surface area contributed by atoms with Crippen molar-refractivity contribution in [3.63, 3.8) is 0 Å². The van der Waals surface area contributed by atoms with Crippen molar-refractivity contribution in [3.8, 4) is 0 Å². The Balaban J connectivity index is 0.000000406. The van der Waals surface area contributed by atoms with E-state index >= 15 is 0 Å². The average molecular weight is 482 g/mol. The van der Waals surface area contributed by atoms with Crippen LogP contribution in [0.15, 0.2) is 41.5 Å². The van der Waals surface area contributed by atoms with Crippen LogP contribution in [0, 0.1) is 0 Å². The van der Waals surface area contributed by atoms with E-state index in [0.717, 1.165) is 36.3 Å². The van der Waals surface area contributed by atoms with Crippen LogP contribution in [0.1, 0.15) is 5.56 Å². The summed E-state index contributed by atoms with van der Waals surface area (Å²) in [6, 6.07) is 9.80. The number of aromatic nitrogens is 4. The van der Waals surface area contributed by atoms with Crippen LogP contribution in [0.4, 0.5) is 19.1 Å². The SMILES string of the molecule is O=C(O)C(F)(F)F.O=C(O)Cn1cnc2nc(N3CCNCC3)n(Cc3ccccc3)c2c1=O. The number of anilines is 1. The third-order valence-electron chi connectivity index (χ3n) is 4.84. The molecule has 3 N–H and O–H groups in total. The molecule has 1 aromatic carbocycles. The highest BCUT2D eigenvalue weighted by molar-refractivity contribution is 5.75. The van der Waals surface area contributed by atoms with Gasteiger partial charge in [0.2, 0.25) is 5.95 Å². The summed E-state index contributed by atoms with van der Waals surface area (Å²) >= 11 is 0. The van der Waals surface area contributed by atoms with Crippen LogP contribution in [0.2, 0.25) is 0 Å². The van der Waals surface area contributed by atoms with Gasteiger partial charge in [-0.05, 0) is 5.56 Å². The average Bonchev–Trinajstić information content (AvgIpc) is 3.15. The summed E-state index contributed by atoms with van der Waals surface area (Å²) in [5.74, 6) is -3.16. The number of piperazine rings is 1. The number of halogens is 3. The number of carboxylic acids is 2. The van der Waals surface area contributed by atoms with E-state index in [9.17, 15) is 22.8 Å². The third kappa shape index (κ3) is 5.89. The van der Waals surface area contributed by atoms with Crippen molar-refractivity contribution in [2.45, 2.75) is 19.3 Å². The summed E-state index contributed by atoms with van der Waals surface area (Å²) in [4.78, 5) is 43.9. The first-order valence-corrected chi connectivity index (χ1v) is 10.0. The molecule has 0 saturated carbocycles. The fourth-order valence-electron chi connectivity index (χ4n) is 3.32. The highest BCUT2D eigenvalue weighted by Crippen LogP contribution is 2.21. The molecule has 0 bridgehead atoms. The van der Waals surface area contributed by atoms with Crippen LogP contribution in [0.25, 0.3) is 11.2 Å². The van der Waals surface area contributed by atoms with Gasteiger partial charge in [0.05, 0.1) is 6.54 Å². The number of nitrogens with zero attached hydrogens (tertiary/aromatic N) is 5. The molecule has 0 unspecified atom stereocenters. The van der Waals surface area contributed by atoms with Crippen LogP contribution in [0.3, 0.4) is 0 Å². The fourth-order valence-corrected chi connectivity index (χ4v) is 3.32. The summed E-state index contributed by atoms with van der Waals surface area (Å²) < 4.78 is 34.7. The predicted molar refractivity (Wildman–Crippen MR) is 114 cm³/mol. The van der Waals surface area contributed by atoms with Crippen molar-refractivity contribution >= 4 is 29.1 Å². The molecule has 182 valence electrons. The third-order valence-corrected chi connectivity index (χ3v) is 4.84. The number of rotatable bonds is 5. The first kappa shape index (κ1) is 24.7. The second kappa shape index (κ2) is 10.3. The number of carboxylic acid groups (broad SMARTS) is 2. The molecule has 0 spiro atoms. The molecular weight excluding hydrogens is 461 g/mol. The van der Waals surface area contributed by atoms with E-state index in [2.05, 4.69) is 20.2 Å². The molecule has 0 aliphatic carbocycles. The molecule has 11 nitrogen and oxygen atoms in total. The highest BCUT2D eigenvalue weighted by atomic mass is 19.4. The quantitative estimate of drug-likeness (QED) is 0.481. The summed E-state index contributed by atoms with van der Waals surface area (Å²) in [5.41, 5.74) is 1.30. The number of imidazole rings is 1. The zero-order valence-electron chi connectivity index (χ0n) is 17.7. The van der Waals surface area contributed by atoms with Gasteiger partial charge >= 0.3 is 18.1 Å². The molecule has 1 aliphatic rings. The number of benzene rings is 1. The van der Waals surface area contributed by atoms with Gasteiger partial charge in [-0.1, -0.05) is 30.3 Å².